The molecule has 19 heavy (non-hydrogen) atoms. The highest BCUT2D eigenvalue weighted by Gasteiger charge is 2.17. The fourth-order valence-electron chi connectivity index (χ4n) is 1.67. The quantitative estimate of drug-likeness (QED) is 0.768. The van der Waals surface area contributed by atoms with Crippen molar-refractivity contribution in [2.24, 2.45) is 0 Å². The molecule has 0 fully saturated rings. The Morgan fingerprint density at radius 2 is 1.63 bits per heavy atom. The fourth-order valence-corrected chi connectivity index (χ4v) is 2.01. The van der Waals surface area contributed by atoms with Crippen molar-refractivity contribution in [3.8, 4) is 0 Å². The van der Waals surface area contributed by atoms with Crippen molar-refractivity contribution in [2.45, 2.75) is 6.42 Å². The third-order valence-corrected chi connectivity index (χ3v) is 3.12. The monoisotopic (exact) mass is 328 g/mol. The molecule has 5 heteroatoms. The first kappa shape index (κ1) is 13.8. The summed E-state index contributed by atoms with van der Waals surface area (Å²) in [5, 5.41) is 0. The molecule has 0 unspecified atom stereocenters. The first-order chi connectivity index (χ1) is 8.99. The highest BCUT2D eigenvalue weighted by molar-refractivity contribution is 9.10. The SMILES string of the molecule is O=C(Cc1c(F)cccc1F)c1ccc(Br)cc1F. The van der Waals surface area contributed by atoms with Crippen LogP contribution in [0.5, 0.6) is 0 Å². The van der Waals surface area contributed by atoms with E-state index in [1.807, 2.05) is 0 Å². The number of carbonyl (C=O) groups excluding carboxylic acids is 1. The molecule has 2 aromatic rings. The van der Waals surface area contributed by atoms with Crippen molar-refractivity contribution in [2.75, 3.05) is 0 Å². The van der Waals surface area contributed by atoms with Crippen LogP contribution in [0.15, 0.2) is 40.9 Å². The Balaban J connectivity index is 2.31. The second kappa shape index (κ2) is 5.57. The van der Waals surface area contributed by atoms with Crippen LogP contribution in [-0.4, -0.2) is 5.78 Å². The second-order valence-corrected chi connectivity index (χ2v) is 4.84. The van der Waals surface area contributed by atoms with E-state index in [-0.39, 0.29) is 11.1 Å². The molecule has 0 heterocycles. The van der Waals surface area contributed by atoms with Crippen LogP contribution in [0.25, 0.3) is 0 Å². The number of halogens is 4. The predicted octanol–water partition coefficient (Wildman–Crippen LogP) is 4.29. The Kier molecular flexibility index (Phi) is 4.04. The largest absolute Gasteiger partial charge is 0.294 e. The topological polar surface area (TPSA) is 17.1 Å². The minimum absolute atomic E-state index is 0.189. The summed E-state index contributed by atoms with van der Waals surface area (Å²) < 4.78 is 40.8. The highest BCUT2D eigenvalue weighted by Crippen LogP contribution is 2.19. The molecule has 0 amide bonds. The van der Waals surface area contributed by atoms with E-state index < -0.39 is 29.7 Å². The van der Waals surface area contributed by atoms with Gasteiger partial charge in [-0.2, -0.15) is 0 Å². The van der Waals surface area contributed by atoms with Gasteiger partial charge >= 0.3 is 0 Å². The molecule has 98 valence electrons. The molecule has 0 bridgehead atoms. The first-order valence-electron chi connectivity index (χ1n) is 5.40. The molecule has 2 rings (SSSR count). The Morgan fingerprint density at radius 3 is 2.21 bits per heavy atom. The number of rotatable bonds is 3. The normalized spacial score (nSPS) is 10.5. The number of carbonyl (C=O) groups is 1. The van der Waals surface area contributed by atoms with Crippen molar-refractivity contribution >= 4 is 21.7 Å². The summed E-state index contributed by atoms with van der Waals surface area (Å²) in [5.74, 6) is -3.03. The Hall–Kier alpha value is -1.62. The minimum Gasteiger partial charge on any atom is -0.294 e. The molecule has 0 atom stereocenters. The summed E-state index contributed by atoms with van der Waals surface area (Å²) in [4.78, 5) is 11.9. The van der Waals surface area contributed by atoms with Gasteiger partial charge in [0, 0.05) is 16.5 Å². The number of hydrogen-bond acceptors (Lipinski definition) is 1. The highest BCUT2D eigenvalue weighted by atomic mass is 79.9. The van der Waals surface area contributed by atoms with Crippen LogP contribution in [0.2, 0.25) is 0 Å². The number of Topliss-reactive ketones (excluding diaryl/α,β-unsaturated/α-hetero) is 1. The zero-order valence-corrected chi connectivity index (χ0v) is 11.2. The lowest BCUT2D eigenvalue weighted by Gasteiger charge is -2.05. The van der Waals surface area contributed by atoms with Gasteiger partial charge in [-0.25, -0.2) is 13.2 Å². The van der Waals surface area contributed by atoms with Gasteiger partial charge in [0.1, 0.15) is 17.5 Å². The summed E-state index contributed by atoms with van der Waals surface area (Å²) in [5.41, 5.74) is -0.541. The smallest absolute Gasteiger partial charge is 0.170 e. The van der Waals surface area contributed by atoms with Gasteiger partial charge in [0.15, 0.2) is 5.78 Å². The maximum absolute atomic E-state index is 13.6. The summed E-state index contributed by atoms with van der Waals surface area (Å²) in [7, 11) is 0. The lowest BCUT2D eigenvalue weighted by molar-refractivity contribution is 0.0986. The third kappa shape index (κ3) is 3.04. The summed E-state index contributed by atoms with van der Waals surface area (Å²) in [6.07, 6.45) is -0.517. The molecule has 0 spiro atoms. The van der Waals surface area contributed by atoms with E-state index in [9.17, 15) is 18.0 Å². The summed E-state index contributed by atoms with van der Waals surface area (Å²) in [6.45, 7) is 0. The van der Waals surface area contributed by atoms with E-state index in [0.29, 0.717) is 4.47 Å². The third-order valence-electron chi connectivity index (χ3n) is 2.63. The Bertz CT molecular complexity index is 620. The van der Waals surface area contributed by atoms with E-state index >= 15 is 0 Å². The van der Waals surface area contributed by atoms with Crippen LogP contribution in [0.3, 0.4) is 0 Å². The molecule has 0 aliphatic carbocycles. The van der Waals surface area contributed by atoms with Gasteiger partial charge in [-0.1, -0.05) is 22.0 Å². The van der Waals surface area contributed by atoms with Crippen LogP contribution >= 0.6 is 15.9 Å². The molecule has 0 N–H and O–H groups in total. The molecule has 0 saturated heterocycles. The average molecular weight is 329 g/mol. The molecule has 0 aromatic heterocycles. The maximum Gasteiger partial charge on any atom is 0.170 e. The van der Waals surface area contributed by atoms with Crippen molar-refractivity contribution in [1.82, 2.24) is 0 Å². The van der Waals surface area contributed by atoms with Crippen molar-refractivity contribution in [1.29, 1.82) is 0 Å². The van der Waals surface area contributed by atoms with Crippen LogP contribution in [0, 0.1) is 17.5 Å². The first-order valence-corrected chi connectivity index (χ1v) is 6.19. The average Bonchev–Trinajstić information content (AvgIpc) is 2.33. The lowest BCUT2D eigenvalue weighted by Crippen LogP contribution is -2.09. The van der Waals surface area contributed by atoms with Gasteiger partial charge in [0.05, 0.1) is 5.56 Å². The molecule has 2 aromatic carbocycles. The Labute approximate surface area is 116 Å². The van der Waals surface area contributed by atoms with Gasteiger partial charge in [-0.05, 0) is 30.3 Å². The van der Waals surface area contributed by atoms with Crippen LogP contribution in [0.4, 0.5) is 13.2 Å². The number of benzene rings is 2. The van der Waals surface area contributed by atoms with Gasteiger partial charge < -0.3 is 0 Å². The van der Waals surface area contributed by atoms with E-state index in [2.05, 4.69) is 15.9 Å². The van der Waals surface area contributed by atoms with Crippen LogP contribution in [-0.2, 0) is 6.42 Å². The van der Waals surface area contributed by atoms with Crippen LogP contribution < -0.4 is 0 Å². The van der Waals surface area contributed by atoms with Gasteiger partial charge in [0.25, 0.3) is 0 Å². The standard InChI is InChI=1S/C14H8BrF3O/c15-8-4-5-9(13(18)6-8)14(19)7-10-11(16)2-1-3-12(10)17/h1-6H,7H2. The zero-order valence-electron chi connectivity index (χ0n) is 9.59. The zero-order chi connectivity index (χ0) is 14.0. The molecule has 1 nitrogen and oxygen atoms in total. The maximum atomic E-state index is 13.6. The predicted molar refractivity (Wildman–Crippen MR) is 68.5 cm³/mol. The number of ketones is 1. The summed E-state index contributed by atoms with van der Waals surface area (Å²) >= 11 is 3.06. The molecule has 0 aliphatic rings. The molecular weight excluding hydrogens is 321 g/mol. The van der Waals surface area contributed by atoms with E-state index in [1.165, 1.54) is 18.2 Å². The van der Waals surface area contributed by atoms with Gasteiger partial charge in [-0.3, -0.25) is 4.79 Å². The van der Waals surface area contributed by atoms with E-state index in [4.69, 9.17) is 0 Å². The van der Waals surface area contributed by atoms with Crippen molar-refractivity contribution in [3.63, 3.8) is 0 Å². The molecule has 0 saturated carbocycles. The van der Waals surface area contributed by atoms with Gasteiger partial charge in [0.2, 0.25) is 0 Å². The van der Waals surface area contributed by atoms with Crippen molar-refractivity contribution < 1.29 is 18.0 Å². The fraction of sp³-hybridized carbons (Fsp3) is 0.0714. The van der Waals surface area contributed by atoms with E-state index in [0.717, 1.165) is 18.2 Å². The summed E-state index contributed by atoms with van der Waals surface area (Å²) in [6, 6.07) is 7.23. The van der Waals surface area contributed by atoms with Crippen molar-refractivity contribution in [3.05, 3.63) is 69.4 Å². The second-order valence-electron chi connectivity index (χ2n) is 3.92. The number of hydrogen-bond donors (Lipinski definition) is 0. The molecule has 0 radical (unpaired) electrons. The molecule has 0 aliphatic heterocycles. The van der Waals surface area contributed by atoms with Crippen LogP contribution in [0.1, 0.15) is 15.9 Å². The minimum atomic E-state index is -0.814. The van der Waals surface area contributed by atoms with E-state index in [1.54, 1.807) is 0 Å². The Morgan fingerprint density at radius 1 is 1.00 bits per heavy atom. The lowest BCUT2D eigenvalue weighted by atomic mass is 10.0. The molecular formula is C14H8BrF3O. The van der Waals surface area contributed by atoms with Gasteiger partial charge in [-0.15, -0.1) is 0 Å².